The normalized spacial score (nSPS) is 23.6. The van der Waals surface area contributed by atoms with Gasteiger partial charge in [0.2, 0.25) is 0 Å². The minimum Gasteiger partial charge on any atom is -0.451 e. The molecule has 3 heterocycles. The van der Waals surface area contributed by atoms with Crippen molar-refractivity contribution in [3.63, 3.8) is 0 Å². The van der Waals surface area contributed by atoms with Gasteiger partial charge >= 0.3 is 0 Å². The molecule has 0 bridgehead atoms. The lowest BCUT2D eigenvalue weighted by molar-refractivity contribution is -0.239. The van der Waals surface area contributed by atoms with Crippen LogP contribution in [0.25, 0.3) is 0 Å². The number of ether oxygens (including phenoxy) is 2. The van der Waals surface area contributed by atoms with E-state index in [4.69, 9.17) is 9.47 Å². The summed E-state index contributed by atoms with van der Waals surface area (Å²) in [5.74, 6) is -1.62. The van der Waals surface area contributed by atoms with Gasteiger partial charge in [0, 0.05) is 58.2 Å². The van der Waals surface area contributed by atoms with E-state index in [1.807, 2.05) is 6.07 Å². The number of aliphatic hydroxyl groups is 1. The third-order valence-electron chi connectivity index (χ3n) is 9.13. The highest BCUT2D eigenvalue weighted by atomic mass is 32.2. The molecule has 2 atom stereocenters. The number of hydrogen-bond acceptors (Lipinski definition) is 10. The maximum Gasteiger partial charge on any atom is 0.279 e. The molecule has 3 saturated heterocycles. The Morgan fingerprint density at radius 3 is 2.54 bits per heavy atom. The van der Waals surface area contributed by atoms with Gasteiger partial charge in [-0.1, -0.05) is 0 Å². The number of nitrogens with zero attached hydrogens (tertiary/aromatic N) is 7. The first kappa shape index (κ1) is 37.4. The molecule has 3 aliphatic heterocycles. The molecule has 0 unspecified atom stereocenters. The third kappa shape index (κ3) is 8.76. The molecule has 14 nitrogen and oxygen atoms in total. The number of likely N-dealkylation sites (tertiary alicyclic amines) is 2. The number of nitriles is 1. The van der Waals surface area contributed by atoms with Crippen molar-refractivity contribution in [1.29, 1.82) is 5.26 Å². The van der Waals surface area contributed by atoms with Crippen LogP contribution < -0.4 is 9.46 Å². The fraction of sp³-hybridized carbons (Fsp3) is 0.625. The van der Waals surface area contributed by atoms with E-state index in [2.05, 4.69) is 31.2 Å². The van der Waals surface area contributed by atoms with Gasteiger partial charge in [-0.2, -0.15) is 22.7 Å². The number of rotatable bonds is 12. The second-order valence-electron chi connectivity index (χ2n) is 13.2. The van der Waals surface area contributed by atoms with Crippen molar-refractivity contribution in [3.05, 3.63) is 41.5 Å². The second kappa shape index (κ2) is 15.4. The van der Waals surface area contributed by atoms with Crippen LogP contribution in [0.3, 0.4) is 0 Å². The van der Waals surface area contributed by atoms with Gasteiger partial charge in [0.15, 0.2) is 17.4 Å². The Morgan fingerprint density at radius 1 is 1.31 bits per heavy atom. The fourth-order valence-corrected chi connectivity index (χ4v) is 7.14. The summed E-state index contributed by atoms with van der Waals surface area (Å²) in [6.07, 6.45) is 3.98. The van der Waals surface area contributed by atoms with Crippen LogP contribution in [-0.4, -0.2) is 136 Å². The molecule has 264 valence electrons. The summed E-state index contributed by atoms with van der Waals surface area (Å²) < 4.78 is 54.3. The van der Waals surface area contributed by atoms with Crippen molar-refractivity contribution in [2.24, 2.45) is 15.4 Å². The summed E-state index contributed by atoms with van der Waals surface area (Å²) in [6, 6.07) is 4.96. The highest BCUT2D eigenvalue weighted by molar-refractivity contribution is 7.87. The molecule has 3 aliphatic rings. The number of aliphatic imine (C=N–C) groups is 2. The molecule has 3 fully saturated rings. The lowest BCUT2D eigenvalue weighted by Crippen LogP contribution is -2.63. The van der Waals surface area contributed by atoms with Crippen LogP contribution in [0.5, 0.6) is 5.75 Å². The fourth-order valence-electron chi connectivity index (χ4n) is 6.33. The molecular weight excluding hydrogens is 643 g/mol. The number of nitrogens with one attached hydrogen (secondary N) is 1. The summed E-state index contributed by atoms with van der Waals surface area (Å²) in [7, 11) is 0.963. The Hall–Kier alpha value is -3.46. The lowest BCUT2D eigenvalue weighted by Gasteiger charge is -2.55. The number of carbonyl (C=O) groups is 1. The van der Waals surface area contributed by atoms with Crippen LogP contribution >= 0.6 is 0 Å². The van der Waals surface area contributed by atoms with Crippen LogP contribution in [0, 0.1) is 22.6 Å². The molecule has 4 rings (SSSR count). The minimum atomic E-state index is -3.58. The van der Waals surface area contributed by atoms with E-state index in [0.717, 1.165) is 36.3 Å². The van der Waals surface area contributed by atoms with Gasteiger partial charge in [-0.3, -0.25) is 19.7 Å². The van der Waals surface area contributed by atoms with E-state index in [9.17, 15) is 28.0 Å². The first-order valence-electron chi connectivity index (χ1n) is 16.0. The third-order valence-corrected chi connectivity index (χ3v) is 10.7. The number of hydrogen-bond donors (Lipinski definition) is 2. The average molecular weight is 691 g/mol. The zero-order chi connectivity index (χ0) is 35.3. The number of benzene rings is 1. The van der Waals surface area contributed by atoms with E-state index in [1.54, 1.807) is 20.9 Å². The Bertz CT molecular complexity index is 1540. The maximum atomic E-state index is 14.3. The Morgan fingerprint density at radius 2 is 2.00 bits per heavy atom. The molecule has 0 aromatic heterocycles. The SMILES string of the molecule is C=N/C=C(Oc1ccc(F)cc1C(=O)N(CC#N)C(C)C)\C(=N/C)N1CC2(CCN(C[C@@]3(O)CC[C@@H](NS(=O)(=O)N(C)C)CO3)CC2)C1. The van der Waals surface area contributed by atoms with Gasteiger partial charge < -0.3 is 24.4 Å². The van der Waals surface area contributed by atoms with E-state index in [-0.39, 0.29) is 41.7 Å². The standard InChI is InChI=1S/C32H47FN8O6S/c1-23(2)41(16-13-34)30(42)26-17-24(33)7-8-27(26)47-28(18-35-3)29(36-4)40-20-31(21-40)11-14-39(15-12-31)22-32(43)10-9-25(19-46-32)37-48(44,45)38(5)6/h7-8,17-18,23,25,37,43H,3,9-12,14-16,19-22H2,1-2,4-6H3/b28-18+,36-29+/t25-,32-/m1/s1. The summed E-state index contributed by atoms with van der Waals surface area (Å²) in [6.45, 7) is 10.3. The van der Waals surface area contributed by atoms with Crippen LogP contribution in [-0.2, 0) is 14.9 Å². The zero-order valence-electron chi connectivity index (χ0n) is 28.4. The Balaban J connectivity index is 1.35. The summed E-state index contributed by atoms with van der Waals surface area (Å²) in [5.41, 5.74) is 0.0161. The van der Waals surface area contributed by atoms with E-state index >= 15 is 0 Å². The molecule has 0 aliphatic carbocycles. The Kier molecular flexibility index (Phi) is 12.0. The highest BCUT2D eigenvalue weighted by Crippen LogP contribution is 2.42. The van der Waals surface area contributed by atoms with Crippen molar-refractivity contribution in [3.8, 4) is 11.8 Å². The molecule has 1 aromatic rings. The van der Waals surface area contributed by atoms with E-state index in [0.29, 0.717) is 38.3 Å². The quantitative estimate of drug-likeness (QED) is 0.144. The van der Waals surface area contributed by atoms with Gasteiger partial charge in [-0.15, -0.1) is 0 Å². The predicted octanol–water partition coefficient (Wildman–Crippen LogP) is 1.81. The van der Waals surface area contributed by atoms with E-state index < -0.39 is 33.8 Å². The van der Waals surface area contributed by atoms with Gasteiger partial charge in [-0.25, -0.2) is 4.39 Å². The second-order valence-corrected chi connectivity index (χ2v) is 15.1. The van der Waals surface area contributed by atoms with Crippen molar-refractivity contribution < 1.29 is 32.2 Å². The van der Waals surface area contributed by atoms with Crippen LogP contribution in [0.1, 0.15) is 49.9 Å². The minimum absolute atomic E-state index is 0.0224. The molecule has 48 heavy (non-hydrogen) atoms. The number of β-amino-alcohol motifs (C(OH)–C–C–N with tert-alkyl or cyclic N) is 1. The molecule has 16 heteroatoms. The zero-order valence-corrected chi connectivity index (χ0v) is 29.2. The molecular formula is C32H47FN8O6S. The first-order chi connectivity index (χ1) is 22.6. The summed E-state index contributed by atoms with van der Waals surface area (Å²) in [5, 5.41) is 20.4. The van der Waals surface area contributed by atoms with Crippen LogP contribution in [0.2, 0.25) is 0 Å². The van der Waals surface area contributed by atoms with Crippen molar-refractivity contribution >= 4 is 28.7 Å². The summed E-state index contributed by atoms with van der Waals surface area (Å²) >= 11 is 0. The van der Waals surface area contributed by atoms with Crippen molar-refractivity contribution in [2.75, 3.05) is 67.0 Å². The predicted molar refractivity (Wildman–Crippen MR) is 179 cm³/mol. The molecule has 1 aromatic carbocycles. The molecule has 1 amide bonds. The highest BCUT2D eigenvalue weighted by Gasteiger charge is 2.48. The van der Waals surface area contributed by atoms with E-state index in [1.165, 1.54) is 37.3 Å². The number of halogens is 1. The number of amidine groups is 1. The number of piperidine rings is 1. The monoisotopic (exact) mass is 690 g/mol. The first-order valence-corrected chi connectivity index (χ1v) is 17.4. The molecule has 1 spiro atoms. The summed E-state index contributed by atoms with van der Waals surface area (Å²) in [4.78, 5) is 27.3. The van der Waals surface area contributed by atoms with Crippen molar-refractivity contribution in [2.45, 2.75) is 57.4 Å². The van der Waals surface area contributed by atoms with Gasteiger partial charge in [-0.05, 0) is 71.1 Å². The van der Waals surface area contributed by atoms with Crippen LogP contribution in [0.4, 0.5) is 4.39 Å². The molecule has 2 N–H and O–H groups in total. The molecule has 0 radical (unpaired) electrons. The number of carbonyl (C=O) groups excluding carboxylic acids is 1. The largest absolute Gasteiger partial charge is 0.451 e. The van der Waals surface area contributed by atoms with Crippen LogP contribution in [0.15, 0.2) is 40.1 Å². The van der Waals surface area contributed by atoms with Gasteiger partial charge in [0.05, 0.1) is 31.0 Å². The topological polar surface area (TPSA) is 163 Å². The maximum absolute atomic E-state index is 14.3. The average Bonchev–Trinajstić information content (AvgIpc) is 3.01. The molecule has 0 saturated carbocycles. The van der Waals surface area contributed by atoms with Crippen molar-refractivity contribution in [1.82, 2.24) is 23.7 Å². The lowest BCUT2D eigenvalue weighted by atomic mass is 9.71. The van der Waals surface area contributed by atoms with Gasteiger partial charge in [0.1, 0.15) is 18.1 Å². The Labute approximate surface area is 282 Å². The number of amides is 1. The smallest absolute Gasteiger partial charge is 0.279 e. The van der Waals surface area contributed by atoms with Gasteiger partial charge in [0.25, 0.3) is 16.1 Å².